The van der Waals surface area contributed by atoms with E-state index in [1.807, 2.05) is 12.1 Å². The molecule has 4 rings (SSSR count). The number of amides is 2. The lowest BCUT2D eigenvalue weighted by Crippen LogP contribution is -2.53. The average molecular weight is 566 g/mol. The molecule has 3 atom stereocenters. The number of nitrogen functional groups attached to an aromatic ring is 1. The van der Waals surface area contributed by atoms with Gasteiger partial charge in [-0.05, 0) is 55.5 Å². The molecule has 2 aliphatic rings. The fraction of sp³-hybridized carbons (Fsp3) is 0.444. The second-order valence-corrected chi connectivity index (χ2v) is 9.48. The number of amidine groups is 1. The third-order valence-corrected chi connectivity index (χ3v) is 6.94. The minimum Gasteiger partial charge on any atom is -0.384 e. The number of morpholine rings is 1. The van der Waals surface area contributed by atoms with Gasteiger partial charge in [0.25, 0.3) is 0 Å². The van der Waals surface area contributed by atoms with Crippen LogP contribution in [-0.4, -0.2) is 62.6 Å². The van der Waals surface area contributed by atoms with Crippen LogP contribution in [0.1, 0.15) is 42.4 Å². The maximum Gasteiger partial charge on any atom is 0.242 e. The number of ether oxygens (including phenoxy) is 1. The van der Waals surface area contributed by atoms with Crippen LogP contribution in [0.25, 0.3) is 0 Å². The van der Waals surface area contributed by atoms with E-state index < -0.39 is 6.04 Å². The molecule has 9 nitrogen and oxygen atoms in total. The van der Waals surface area contributed by atoms with E-state index >= 15 is 0 Å². The first-order valence-corrected chi connectivity index (χ1v) is 12.6. The molecule has 38 heavy (non-hydrogen) atoms. The van der Waals surface area contributed by atoms with E-state index in [0.29, 0.717) is 24.4 Å². The molecule has 0 aromatic heterocycles. The quantitative estimate of drug-likeness (QED) is 0.247. The summed E-state index contributed by atoms with van der Waals surface area (Å²) in [5, 5.41) is 16.5. The number of hydrogen-bond donors (Lipinski definition) is 5. The minimum atomic E-state index is -0.649. The molecule has 2 saturated heterocycles. The number of rotatable bonds is 8. The van der Waals surface area contributed by atoms with Crippen LogP contribution in [0.5, 0.6) is 0 Å². The molecule has 2 fully saturated rings. The van der Waals surface area contributed by atoms with Crippen molar-refractivity contribution in [3.63, 3.8) is 0 Å². The van der Waals surface area contributed by atoms with Crippen molar-refractivity contribution >= 4 is 48.2 Å². The van der Waals surface area contributed by atoms with Gasteiger partial charge in [0.15, 0.2) is 0 Å². The molecule has 1 unspecified atom stereocenters. The van der Waals surface area contributed by atoms with Crippen molar-refractivity contribution in [3.8, 4) is 0 Å². The zero-order chi connectivity index (χ0) is 25.5. The summed E-state index contributed by atoms with van der Waals surface area (Å²) in [6, 6.07) is 14.8. The number of hydrogen-bond acceptors (Lipinski definition) is 6. The third-order valence-electron chi connectivity index (χ3n) is 6.94. The molecule has 0 spiro atoms. The highest BCUT2D eigenvalue weighted by molar-refractivity contribution is 5.95. The first kappa shape index (κ1) is 31.4. The molecule has 2 heterocycles. The SMILES string of the molecule is CC(NC(=O)[C@H]1C[C@@H](c2ccc(N3CCOCC3)cc2)CCN1)C(=O)NCc1ccc(C(=N)N)cc1.Cl.Cl. The number of halogens is 2. The molecule has 2 aliphatic heterocycles. The predicted molar refractivity (Wildman–Crippen MR) is 155 cm³/mol. The Bertz CT molecular complexity index is 1060. The average Bonchev–Trinajstić information content (AvgIpc) is 2.92. The number of nitrogens with zero attached hydrogens (tertiary/aromatic N) is 1. The van der Waals surface area contributed by atoms with Gasteiger partial charge in [-0.3, -0.25) is 15.0 Å². The van der Waals surface area contributed by atoms with Crippen molar-refractivity contribution in [2.24, 2.45) is 5.73 Å². The molecule has 2 aromatic rings. The van der Waals surface area contributed by atoms with Crippen molar-refractivity contribution in [1.82, 2.24) is 16.0 Å². The minimum absolute atomic E-state index is 0. The van der Waals surface area contributed by atoms with Crippen molar-refractivity contribution in [1.29, 1.82) is 5.41 Å². The van der Waals surface area contributed by atoms with E-state index in [1.165, 1.54) is 11.3 Å². The van der Waals surface area contributed by atoms with Gasteiger partial charge in [-0.25, -0.2) is 0 Å². The van der Waals surface area contributed by atoms with E-state index in [1.54, 1.807) is 19.1 Å². The van der Waals surface area contributed by atoms with Gasteiger partial charge in [0.1, 0.15) is 11.9 Å². The normalized spacial score (nSPS) is 19.8. The molecule has 0 aliphatic carbocycles. The topological polar surface area (TPSA) is 133 Å². The zero-order valence-electron chi connectivity index (χ0n) is 21.6. The van der Waals surface area contributed by atoms with Crippen molar-refractivity contribution in [3.05, 3.63) is 65.2 Å². The number of piperidine rings is 1. The Labute approximate surface area is 236 Å². The highest BCUT2D eigenvalue weighted by Crippen LogP contribution is 2.29. The fourth-order valence-electron chi connectivity index (χ4n) is 4.72. The summed E-state index contributed by atoms with van der Waals surface area (Å²) in [6.07, 6.45) is 1.67. The smallest absolute Gasteiger partial charge is 0.242 e. The van der Waals surface area contributed by atoms with Crippen LogP contribution in [-0.2, 0) is 20.9 Å². The first-order chi connectivity index (χ1) is 17.4. The highest BCUT2D eigenvalue weighted by Gasteiger charge is 2.29. The van der Waals surface area contributed by atoms with Gasteiger partial charge < -0.3 is 31.3 Å². The van der Waals surface area contributed by atoms with Gasteiger partial charge in [0.05, 0.1) is 19.3 Å². The van der Waals surface area contributed by atoms with E-state index in [9.17, 15) is 9.59 Å². The zero-order valence-corrected chi connectivity index (χ0v) is 23.2. The maximum atomic E-state index is 12.9. The van der Waals surface area contributed by atoms with Crippen LogP contribution in [0, 0.1) is 5.41 Å². The molecule has 2 aromatic carbocycles. The number of benzene rings is 2. The largest absolute Gasteiger partial charge is 0.384 e. The summed E-state index contributed by atoms with van der Waals surface area (Å²) in [5.74, 6) is -0.100. The van der Waals surface area contributed by atoms with Crippen molar-refractivity contribution in [2.75, 3.05) is 37.7 Å². The Balaban J connectivity index is 0.00000253. The molecule has 0 bridgehead atoms. The molecular weight excluding hydrogens is 527 g/mol. The lowest BCUT2D eigenvalue weighted by Gasteiger charge is -2.32. The van der Waals surface area contributed by atoms with Gasteiger partial charge >= 0.3 is 0 Å². The molecule has 0 saturated carbocycles. The Hall–Kier alpha value is -2.85. The lowest BCUT2D eigenvalue weighted by molar-refractivity contribution is -0.130. The molecule has 208 valence electrons. The van der Waals surface area contributed by atoms with Gasteiger partial charge in [0.2, 0.25) is 11.8 Å². The summed E-state index contributed by atoms with van der Waals surface area (Å²) in [4.78, 5) is 27.8. The number of carbonyl (C=O) groups is 2. The summed E-state index contributed by atoms with van der Waals surface area (Å²) < 4.78 is 5.44. The van der Waals surface area contributed by atoms with Crippen molar-refractivity contribution < 1.29 is 14.3 Å². The molecule has 0 radical (unpaired) electrons. The van der Waals surface area contributed by atoms with E-state index in [-0.39, 0.29) is 48.5 Å². The lowest BCUT2D eigenvalue weighted by atomic mass is 9.86. The standard InChI is InChI=1S/C27H36N6O3.2ClH/c1-18(26(34)31-17-19-2-4-21(5-3-19)25(28)29)32-27(35)24-16-22(10-11-30-24)20-6-8-23(9-7-20)33-12-14-36-15-13-33;;/h2-9,18,22,24,30H,10-17H2,1H3,(H3,28,29)(H,31,34)(H,32,35);2*1H/t18?,22-,24+;;/m0../s1. The predicted octanol–water partition coefficient (Wildman–Crippen LogP) is 2.31. The monoisotopic (exact) mass is 564 g/mol. The van der Waals surface area contributed by atoms with Gasteiger partial charge in [-0.1, -0.05) is 36.4 Å². The van der Waals surface area contributed by atoms with Gasteiger partial charge in [-0.15, -0.1) is 24.8 Å². The maximum absolute atomic E-state index is 12.9. The Kier molecular flexibility index (Phi) is 12.3. The molecular formula is C27H38Cl2N6O3. The number of carbonyl (C=O) groups excluding carboxylic acids is 2. The molecule has 6 N–H and O–H groups in total. The second-order valence-electron chi connectivity index (χ2n) is 9.48. The van der Waals surface area contributed by atoms with Crippen LogP contribution in [0.4, 0.5) is 5.69 Å². The van der Waals surface area contributed by atoms with Crippen molar-refractivity contribution in [2.45, 2.75) is 44.3 Å². The Morgan fingerprint density at radius 2 is 1.76 bits per heavy atom. The first-order valence-electron chi connectivity index (χ1n) is 12.6. The summed E-state index contributed by atoms with van der Waals surface area (Å²) >= 11 is 0. The van der Waals surface area contributed by atoms with Crippen LogP contribution in [0.3, 0.4) is 0 Å². The summed E-state index contributed by atoms with van der Waals surface area (Å²) in [7, 11) is 0. The second kappa shape index (κ2) is 14.9. The van der Waals surface area contributed by atoms with Gasteiger partial charge in [0, 0.05) is 30.9 Å². The molecule has 2 amide bonds. The van der Waals surface area contributed by atoms with Crippen LogP contribution in [0.2, 0.25) is 0 Å². The summed E-state index contributed by atoms with van der Waals surface area (Å²) in [6.45, 7) is 6.12. The fourth-order valence-corrected chi connectivity index (χ4v) is 4.72. The number of nitrogens with two attached hydrogens (primary N) is 1. The van der Waals surface area contributed by atoms with E-state index in [0.717, 1.165) is 44.8 Å². The Morgan fingerprint density at radius 3 is 2.39 bits per heavy atom. The third kappa shape index (κ3) is 8.33. The van der Waals surface area contributed by atoms with Crippen LogP contribution >= 0.6 is 24.8 Å². The van der Waals surface area contributed by atoms with Crippen LogP contribution < -0.4 is 26.6 Å². The Morgan fingerprint density at radius 1 is 1.11 bits per heavy atom. The number of nitrogens with one attached hydrogen (secondary N) is 4. The van der Waals surface area contributed by atoms with E-state index in [2.05, 4.69) is 45.1 Å². The summed E-state index contributed by atoms with van der Waals surface area (Å²) in [5.41, 5.74) is 9.45. The number of anilines is 1. The van der Waals surface area contributed by atoms with Gasteiger partial charge in [-0.2, -0.15) is 0 Å². The highest BCUT2D eigenvalue weighted by atomic mass is 35.5. The van der Waals surface area contributed by atoms with E-state index in [4.69, 9.17) is 15.9 Å². The molecule has 11 heteroatoms. The van der Waals surface area contributed by atoms with Crippen LogP contribution in [0.15, 0.2) is 48.5 Å².